The van der Waals surface area contributed by atoms with Gasteiger partial charge in [0, 0.05) is 38.8 Å². The van der Waals surface area contributed by atoms with Gasteiger partial charge in [0.2, 0.25) is 11.8 Å². The summed E-state index contributed by atoms with van der Waals surface area (Å²) >= 11 is 0. The van der Waals surface area contributed by atoms with E-state index in [0.29, 0.717) is 19.6 Å². The van der Waals surface area contributed by atoms with Crippen LogP contribution in [-0.4, -0.2) is 66.9 Å². The third-order valence-corrected chi connectivity index (χ3v) is 5.03. The molecule has 7 nitrogen and oxygen atoms in total. The summed E-state index contributed by atoms with van der Waals surface area (Å²) in [6.07, 6.45) is 1.70. The highest BCUT2D eigenvalue weighted by atomic mass is 16.2. The lowest BCUT2D eigenvalue weighted by Crippen LogP contribution is -2.54. The van der Waals surface area contributed by atoms with Crippen LogP contribution in [-0.2, 0) is 9.59 Å². The van der Waals surface area contributed by atoms with E-state index in [4.69, 9.17) is 0 Å². The number of rotatable bonds is 6. The van der Waals surface area contributed by atoms with E-state index in [-0.39, 0.29) is 23.9 Å². The Morgan fingerprint density at radius 1 is 1.12 bits per heavy atom. The van der Waals surface area contributed by atoms with Gasteiger partial charge >= 0.3 is 0 Å². The van der Waals surface area contributed by atoms with Gasteiger partial charge in [0.05, 0.1) is 6.54 Å². The molecule has 1 aromatic rings. The van der Waals surface area contributed by atoms with Crippen molar-refractivity contribution in [2.75, 3.05) is 39.3 Å². The molecule has 0 spiro atoms. The number of benzene rings is 1. The highest BCUT2D eigenvalue weighted by molar-refractivity contribution is 5.82. The van der Waals surface area contributed by atoms with Crippen molar-refractivity contribution in [2.24, 2.45) is 0 Å². The Bertz CT molecular complexity index is 601. The Labute approximate surface area is 155 Å². The van der Waals surface area contributed by atoms with Gasteiger partial charge in [-0.2, -0.15) is 0 Å². The minimum Gasteiger partial charge on any atom is -0.355 e. The zero-order chi connectivity index (χ0) is 18.4. The normalized spacial score (nSPS) is 23.8. The van der Waals surface area contributed by atoms with Gasteiger partial charge in [0.1, 0.15) is 6.04 Å². The summed E-state index contributed by atoms with van der Waals surface area (Å²) in [5, 5.41) is 2.90. The van der Waals surface area contributed by atoms with Gasteiger partial charge in [0.25, 0.3) is 0 Å². The molecule has 2 heterocycles. The number of nitrogens with zero attached hydrogens (tertiary/aromatic N) is 2. The van der Waals surface area contributed by atoms with Crippen LogP contribution in [0.1, 0.15) is 31.4 Å². The van der Waals surface area contributed by atoms with E-state index in [1.165, 1.54) is 5.56 Å². The number of carbonyl (C=O) groups excluding carboxylic acids is 2. The van der Waals surface area contributed by atoms with Crippen LogP contribution in [0.2, 0.25) is 0 Å². The van der Waals surface area contributed by atoms with Crippen LogP contribution in [0.4, 0.5) is 0 Å². The summed E-state index contributed by atoms with van der Waals surface area (Å²) in [6, 6.07) is 10.2. The summed E-state index contributed by atoms with van der Waals surface area (Å²) in [6.45, 7) is 6.02. The monoisotopic (exact) mass is 359 g/mol. The lowest BCUT2D eigenvalue weighted by molar-refractivity contribution is -0.135. The first kappa shape index (κ1) is 18.8. The number of carbonyl (C=O) groups is 2. The Hall–Kier alpha value is -1.96. The van der Waals surface area contributed by atoms with Crippen LogP contribution in [0, 0.1) is 0 Å². The predicted octanol–water partition coefficient (Wildman–Crippen LogP) is 0.265. The maximum atomic E-state index is 12.8. The number of amides is 2. The van der Waals surface area contributed by atoms with E-state index in [2.05, 4.69) is 33.2 Å². The Morgan fingerprint density at radius 2 is 1.85 bits per heavy atom. The fourth-order valence-electron chi connectivity index (χ4n) is 3.49. The molecule has 2 aliphatic rings. The molecule has 2 atom stereocenters. The smallest absolute Gasteiger partial charge is 0.241 e. The molecule has 0 saturated carbocycles. The van der Waals surface area contributed by atoms with Crippen LogP contribution < -0.4 is 16.2 Å². The van der Waals surface area contributed by atoms with Crippen molar-refractivity contribution in [1.29, 1.82) is 0 Å². The largest absolute Gasteiger partial charge is 0.355 e. The van der Waals surface area contributed by atoms with Gasteiger partial charge in [-0.05, 0) is 18.4 Å². The van der Waals surface area contributed by atoms with Gasteiger partial charge in [-0.25, -0.2) is 10.9 Å². The maximum Gasteiger partial charge on any atom is 0.241 e. The Morgan fingerprint density at radius 3 is 2.54 bits per heavy atom. The Kier molecular flexibility index (Phi) is 6.60. The lowest BCUT2D eigenvalue weighted by Gasteiger charge is -2.35. The number of nitrogens with one attached hydrogen (secondary N) is 3. The molecule has 7 heteroatoms. The first-order valence-corrected chi connectivity index (χ1v) is 9.51. The second kappa shape index (κ2) is 9.12. The van der Waals surface area contributed by atoms with Crippen LogP contribution >= 0.6 is 0 Å². The second-order valence-corrected chi connectivity index (χ2v) is 6.99. The topological polar surface area (TPSA) is 76.7 Å². The molecule has 0 aromatic heterocycles. The number of piperazine rings is 1. The number of hydrogen-bond acceptors (Lipinski definition) is 5. The van der Waals surface area contributed by atoms with Crippen LogP contribution in [0.5, 0.6) is 0 Å². The molecule has 2 fully saturated rings. The van der Waals surface area contributed by atoms with Crippen molar-refractivity contribution < 1.29 is 9.59 Å². The van der Waals surface area contributed by atoms with E-state index in [1.807, 2.05) is 30.0 Å². The third-order valence-electron chi connectivity index (χ3n) is 5.03. The Balaban J connectivity index is 1.43. The minimum atomic E-state index is -0.195. The van der Waals surface area contributed by atoms with Crippen molar-refractivity contribution in [3.8, 4) is 0 Å². The lowest BCUT2D eigenvalue weighted by atomic mass is 10.0. The number of hydrogen-bond donors (Lipinski definition) is 3. The molecule has 2 amide bonds. The van der Waals surface area contributed by atoms with E-state index >= 15 is 0 Å². The van der Waals surface area contributed by atoms with Gasteiger partial charge in [-0.3, -0.25) is 14.5 Å². The summed E-state index contributed by atoms with van der Waals surface area (Å²) in [7, 11) is 0. The maximum absolute atomic E-state index is 12.8. The highest BCUT2D eigenvalue weighted by Crippen LogP contribution is 2.23. The van der Waals surface area contributed by atoms with Crippen molar-refractivity contribution in [3.05, 3.63) is 35.9 Å². The van der Waals surface area contributed by atoms with Gasteiger partial charge in [0.15, 0.2) is 0 Å². The standard InChI is InChI=1S/C19H29N5O2/c1-2-8-20-18(25)14-23-9-11-24(12-10-23)19(26)17-13-16(21-22-17)15-6-4-3-5-7-15/h3-7,16-17,21-22H,2,8-14H2,1H3,(H,20,25). The molecule has 142 valence electrons. The summed E-state index contributed by atoms with van der Waals surface area (Å²) in [5.41, 5.74) is 7.58. The average Bonchev–Trinajstić information content (AvgIpc) is 3.17. The number of hydrazine groups is 1. The fraction of sp³-hybridized carbons (Fsp3) is 0.579. The minimum absolute atomic E-state index is 0.0685. The van der Waals surface area contributed by atoms with Crippen molar-refractivity contribution in [1.82, 2.24) is 26.0 Å². The molecular weight excluding hydrogens is 330 g/mol. The molecule has 2 unspecified atom stereocenters. The molecule has 0 radical (unpaired) electrons. The van der Waals surface area contributed by atoms with Crippen molar-refractivity contribution in [2.45, 2.75) is 31.8 Å². The summed E-state index contributed by atoms with van der Waals surface area (Å²) < 4.78 is 0. The first-order valence-electron chi connectivity index (χ1n) is 9.51. The molecule has 26 heavy (non-hydrogen) atoms. The molecule has 3 rings (SSSR count). The summed E-state index contributed by atoms with van der Waals surface area (Å²) in [5.74, 6) is 0.213. The quantitative estimate of drug-likeness (QED) is 0.680. The average molecular weight is 359 g/mol. The second-order valence-electron chi connectivity index (χ2n) is 6.99. The van der Waals surface area contributed by atoms with Crippen LogP contribution in [0.25, 0.3) is 0 Å². The zero-order valence-corrected chi connectivity index (χ0v) is 15.4. The van der Waals surface area contributed by atoms with Crippen molar-refractivity contribution in [3.63, 3.8) is 0 Å². The van der Waals surface area contributed by atoms with E-state index in [9.17, 15) is 9.59 Å². The molecule has 1 aromatic carbocycles. The van der Waals surface area contributed by atoms with E-state index in [0.717, 1.165) is 32.5 Å². The third kappa shape index (κ3) is 4.81. The SMILES string of the molecule is CCCNC(=O)CN1CCN(C(=O)C2CC(c3ccccc3)NN2)CC1. The van der Waals surface area contributed by atoms with Gasteiger partial charge in [-0.15, -0.1) is 0 Å². The molecule has 0 aliphatic carbocycles. The predicted molar refractivity (Wildman–Crippen MR) is 100 cm³/mol. The van der Waals surface area contributed by atoms with Crippen LogP contribution in [0.3, 0.4) is 0 Å². The molecular formula is C19H29N5O2. The van der Waals surface area contributed by atoms with Gasteiger partial charge < -0.3 is 10.2 Å². The van der Waals surface area contributed by atoms with Crippen LogP contribution in [0.15, 0.2) is 30.3 Å². The van der Waals surface area contributed by atoms with E-state index < -0.39 is 0 Å². The fourth-order valence-corrected chi connectivity index (χ4v) is 3.49. The van der Waals surface area contributed by atoms with Gasteiger partial charge in [-0.1, -0.05) is 37.3 Å². The molecule has 2 aliphatic heterocycles. The zero-order valence-electron chi connectivity index (χ0n) is 15.4. The summed E-state index contributed by atoms with van der Waals surface area (Å²) in [4.78, 5) is 28.6. The molecule has 2 saturated heterocycles. The highest BCUT2D eigenvalue weighted by Gasteiger charge is 2.34. The first-order chi connectivity index (χ1) is 12.7. The van der Waals surface area contributed by atoms with E-state index in [1.54, 1.807) is 0 Å². The molecule has 3 N–H and O–H groups in total. The molecule has 0 bridgehead atoms. The van der Waals surface area contributed by atoms with Crippen molar-refractivity contribution >= 4 is 11.8 Å².